The molecule has 2 aliphatic heterocycles. The molecule has 0 bridgehead atoms. The molecule has 0 aliphatic carbocycles. The summed E-state index contributed by atoms with van der Waals surface area (Å²) in [4.78, 5) is 54.8. The Balaban J connectivity index is 1.60. The van der Waals surface area contributed by atoms with Gasteiger partial charge in [-0.05, 0) is 56.8 Å². The number of hydrogen-bond donors (Lipinski definition) is 0. The number of hydrogen-bond acceptors (Lipinski definition) is 6. The van der Waals surface area contributed by atoms with Gasteiger partial charge in [0.25, 0.3) is 0 Å². The molecule has 0 aromatic rings. The van der Waals surface area contributed by atoms with Crippen LogP contribution in [-0.2, 0) is 31.2 Å². The lowest BCUT2D eigenvalue weighted by atomic mass is 9.87. The summed E-state index contributed by atoms with van der Waals surface area (Å²) in [5, 5.41) is 0. The highest BCUT2D eigenvalue weighted by Gasteiger charge is 2.39. The van der Waals surface area contributed by atoms with E-state index < -0.39 is 21.6 Å². The zero-order chi connectivity index (χ0) is 29.4. The maximum Gasteiger partial charge on any atom is 0.327 e. The molecule has 2 saturated heterocycles. The molecule has 0 N–H and O–H groups in total. The molecule has 0 saturated carbocycles. The Morgan fingerprint density at radius 3 is 1.26 bits per heavy atom. The maximum atomic E-state index is 12.5. The van der Waals surface area contributed by atoms with Gasteiger partial charge in [0.05, 0.1) is 0 Å². The fourth-order valence-electron chi connectivity index (χ4n) is 5.02. The van der Waals surface area contributed by atoms with Crippen molar-refractivity contribution in [1.29, 1.82) is 0 Å². The highest BCUT2D eigenvalue weighted by Crippen LogP contribution is 2.27. The first-order chi connectivity index (χ1) is 18.2. The molecule has 2 fully saturated rings. The van der Waals surface area contributed by atoms with Crippen LogP contribution in [0, 0.1) is 10.8 Å². The minimum atomic E-state index is -0.993. The molecule has 0 aromatic heterocycles. The van der Waals surface area contributed by atoms with Crippen LogP contribution < -0.4 is 0 Å². The molecule has 2 unspecified atom stereocenters. The summed E-state index contributed by atoms with van der Waals surface area (Å²) in [6.07, 6.45) is 3.63. The number of likely N-dealkylation sites (N-methyl/N-ethyl adjacent to an activating group) is 2. The Bertz CT molecular complexity index is 881. The standard InChI is InChI=1S/C27H48N4O6S2/c1-7-28-18-22(32)30(24(28)34)20-26(3,4)12-9-14-38(36)16-11-17-39(37)15-10-13-27(5,6)21-31-23(33)19-29(8-2)25(31)35/h7-21H2,1-6H3. The van der Waals surface area contributed by atoms with Crippen molar-refractivity contribution < 1.29 is 27.6 Å². The monoisotopic (exact) mass is 588 g/mol. The molecule has 39 heavy (non-hydrogen) atoms. The summed E-state index contributed by atoms with van der Waals surface area (Å²) in [7, 11) is -1.99. The lowest BCUT2D eigenvalue weighted by Crippen LogP contribution is -2.40. The Kier molecular flexibility index (Phi) is 12.6. The van der Waals surface area contributed by atoms with Crippen LogP contribution in [0.1, 0.15) is 73.6 Å². The molecular formula is C27H48N4O6S2. The van der Waals surface area contributed by atoms with Crippen molar-refractivity contribution in [1.82, 2.24) is 19.6 Å². The molecule has 2 heterocycles. The number of nitrogens with zero attached hydrogens (tertiary/aromatic N) is 4. The molecule has 2 rings (SSSR count). The molecule has 0 aromatic carbocycles. The Morgan fingerprint density at radius 1 is 0.615 bits per heavy atom. The second-order valence-electron chi connectivity index (χ2n) is 12.1. The quantitative estimate of drug-likeness (QED) is 0.227. The van der Waals surface area contributed by atoms with E-state index in [0.29, 0.717) is 55.6 Å². The lowest BCUT2D eigenvalue weighted by molar-refractivity contribution is -0.127. The summed E-state index contributed by atoms with van der Waals surface area (Å²) < 4.78 is 24.9. The van der Waals surface area contributed by atoms with E-state index in [1.54, 1.807) is 0 Å². The molecule has 2 atom stereocenters. The number of imide groups is 2. The van der Waals surface area contributed by atoms with E-state index >= 15 is 0 Å². The summed E-state index contributed by atoms with van der Waals surface area (Å²) in [5.41, 5.74) is -0.501. The van der Waals surface area contributed by atoms with Gasteiger partial charge in [0.15, 0.2) is 0 Å². The number of amides is 6. The molecule has 2 aliphatic rings. The molecule has 0 spiro atoms. The lowest BCUT2D eigenvalue weighted by Gasteiger charge is -2.29. The second-order valence-corrected chi connectivity index (χ2v) is 15.5. The smallest absolute Gasteiger partial charge is 0.315 e. The van der Waals surface area contributed by atoms with E-state index in [4.69, 9.17) is 0 Å². The first-order valence-corrected chi connectivity index (χ1v) is 17.1. The zero-order valence-corrected chi connectivity index (χ0v) is 26.3. The van der Waals surface area contributed by atoms with Crippen LogP contribution >= 0.6 is 0 Å². The third-order valence-corrected chi connectivity index (χ3v) is 10.4. The average molecular weight is 589 g/mol. The molecule has 6 amide bonds. The van der Waals surface area contributed by atoms with Gasteiger partial charge >= 0.3 is 12.1 Å². The first-order valence-electron chi connectivity index (χ1n) is 14.1. The number of urea groups is 2. The van der Waals surface area contributed by atoms with Gasteiger partial charge in [-0.25, -0.2) is 9.59 Å². The fourth-order valence-corrected chi connectivity index (χ4v) is 7.47. The predicted octanol–water partition coefficient (Wildman–Crippen LogP) is 3.05. The van der Waals surface area contributed by atoms with Crippen LogP contribution in [0.15, 0.2) is 0 Å². The first kappa shape index (κ1) is 33.4. The van der Waals surface area contributed by atoms with E-state index in [2.05, 4.69) is 0 Å². The van der Waals surface area contributed by atoms with Crippen LogP contribution in [-0.4, -0.2) is 114 Å². The van der Waals surface area contributed by atoms with E-state index in [9.17, 15) is 27.6 Å². The SMILES string of the molecule is CCN1CC(=O)N(CC(C)(C)CCCS(=O)CCCS(=O)CCCC(C)(C)CN2C(=O)CN(CC)C2=O)C1=O. The normalized spacial score (nSPS) is 18.6. The molecule has 12 heteroatoms. The summed E-state index contributed by atoms with van der Waals surface area (Å²) >= 11 is 0. The summed E-state index contributed by atoms with van der Waals surface area (Å²) in [6, 6.07) is -0.452. The van der Waals surface area contributed by atoms with Crippen LogP contribution in [0.5, 0.6) is 0 Å². The highest BCUT2D eigenvalue weighted by atomic mass is 32.2. The third-order valence-electron chi connectivity index (χ3n) is 7.39. The average Bonchev–Trinajstić information content (AvgIpc) is 3.27. The number of carbonyl (C=O) groups excluding carboxylic acids is 4. The van der Waals surface area contributed by atoms with Crippen molar-refractivity contribution in [3.05, 3.63) is 0 Å². The fraction of sp³-hybridized carbons (Fsp3) is 0.852. The van der Waals surface area contributed by atoms with Gasteiger partial charge in [-0.15, -0.1) is 0 Å². The van der Waals surface area contributed by atoms with Crippen LogP contribution in [0.3, 0.4) is 0 Å². The Hall–Kier alpha value is -1.82. The van der Waals surface area contributed by atoms with E-state index in [-0.39, 0.29) is 47.8 Å². The number of rotatable bonds is 18. The van der Waals surface area contributed by atoms with Gasteiger partial charge in [0, 0.05) is 70.8 Å². The largest absolute Gasteiger partial charge is 0.327 e. The Morgan fingerprint density at radius 2 is 0.949 bits per heavy atom. The van der Waals surface area contributed by atoms with Crippen LogP contribution in [0.2, 0.25) is 0 Å². The summed E-state index contributed by atoms with van der Waals surface area (Å²) in [6.45, 7) is 13.9. The van der Waals surface area contributed by atoms with Crippen LogP contribution in [0.4, 0.5) is 9.59 Å². The maximum absolute atomic E-state index is 12.5. The predicted molar refractivity (Wildman–Crippen MR) is 155 cm³/mol. The number of carbonyl (C=O) groups is 4. The van der Waals surface area contributed by atoms with Crippen molar-refractivity contribution in [3.8, 4) is 0 Å². The topological polar surface area (TPSA) is 115 Å². The van der Waals surface area contributed by atoms with E-state index in [1.807, 2.05) is 41.5 Å². The van der Waals surface area contributed by atoms with Crippen molar-refractivity contribution in [3.63, 3.8) is 0 Å². The zero-order valence-electron chi connectivity index (χ0n) is 24.7. The summed E-state index contributed by atoms with van der Waals surface area (Å²) in [5.74, 6) is 1.82. The van der Waals surface area contributed by atoms with Crippen molar-refractivity contribution in [2.24, 2.45) is 10.8 Å². The van der Waals surface area contributed by atoms with Gasteiger partial charge < -0.3 is 9.80 Å². The molecular weight excluding hydrogens is 540 g/mol. The molecule has 224 valence electrons. The van der Waals surface area contributed by atoms with E-state index in [1.165, 1.54) is 19.6 Å². The van der Waals surface area contributed by atoms with E-state index in [0.717, 1.165) is 25.7 Å². The van der Waals surface area contributed by atoms with Gasteiger partial charge in [-0.2, -0.15) is 0 Å². The van der Waals surface area contributed by atoms with Gasteiger partial charge in [-0.3, -0.25) is 27.8 Å². The second kappa shape index (κ2) is 14.7. The van der Waals surface area contributed by atoms with Gasteiger partial charge in [0.2, 0.25) is 11.8 Å². The molecule has 10 nitrogen and oxygen atoms in total. The van der Waals surface area contributed by atoms with Gasteiger partial charge in [-0.1, -0.05) is 27.7 Å². The minimum absolute atomic E-state index is 0.146. The molecule has 0 radical (unpaired) electrons. The van der Waals surface area contributed by atoms with Crippen LogP contribution in [0.25, 0.3) is 0 Å². The van der Waals surface area contributed by atoms with Gasteiger partial charge in [0.1, 0.15) is 13.1 Å². The van der Waals surface area contributed by atoms with Crippen molar-refractivity contribution >= 4 is 45.5 Å². The highest BCUT2D eigenvalue weighted by molar-refractivity contribution is 7.85. The van der Waals surface area contributed by atoms with Crippen molar-refractivity contribution in [2.75, 3.05) is 62.3 Å². The van der Waals surface area contributed by atoms with Crippen molar-refractivity contribution in [2.45, 2.75) is 73.6 Å². The third kappa shape index (κ3) is 10.3. The minimum Gasteiger partial charge on any atom is -0.315 e. The Labute approximate surface area is 239 Å².